The highest BCUT2D eigenvalue weighted by atomic mass is 35.5. The van der Waals surface area contributed by atoms with Gasteiger partial charge in [0.25, 0.3) is 0 Å². The van der Waals surface area contributed by atoms with E-state index in [4.69, 9.17) is 27.9 Å². The molecule has 0 rings (SSSR count). The van der Waals surface area contributed by atoms with E-state index < -0.39 is 4.33 Å². The minimum Gasteiger partial charge on any atom is -0.502 e. The van der Waals surface area contributed by atoms with Crippen LogP contribution in [-0.2, 0) is 4.74 Å². The van der Waals surface area contributed by atoms with Gasteiger partial charge in [0.05, 0.1) is 12.9 Å². The van der Waals surface area contributed by atoms with Crippen molar-refractivity contribution < 1.29 is 4.74 Å². The van der Waals surface area contributed by atoms with E-state index in [-0.39, 0.29) is 0 Å². The van der Waals surface area contributed by atoms with Crippen molar-refractivity contribution >= 4 is 23.2 Å². The normalized spacial score (nSPS) is 13.8. The van der Waals surface area contributed by atoms with Gasteiger partial charge < -0.3 is 4.74 Å². The molecule has 0 radical (unpaired) electrons. The molecule has 0 saturated carbocycles. The number of halogens is 2. The largest absolute Gasteiger partial charge is 0.502 e. The third kappa shape index (κ3) is 11.9. The average Bonchev–Trinajstić information content (AvgIpc) is 2.38. The second-order valence-corrected chi connectivity index (χ2v) is 7.46. The van der Waals surface area contributed by atoms with Gasteiger partial charge in [-0.15, -0.1) is 23.2 Å². The zero-order chi connectivity index (χ0) is 15.3. The Labute approximate surface area is 136 Å². The molecule has 0 amide bonds. The maximum atomic E-state index is 6.31. The summed E-state index contributed by atoms with van der Waals surface area (Å²) in [4.78, 5) is 0. The number of alkyl halides is 2. The third-order valence-corrected chi connectivity index (χ3v) is 4.29. The van der Waals surface area contributed by atoms with Crippen molar-refractivity contribution in [1.82, 2.24) is 0 Å². The van der Waals surface area contributed by atoms with Crippen LogP contribution in [-0.4, -0.2) is 10.9 Å². The first kappa shape index (κ1) is 20.1. The number of rotatable bonds is 13. The van der Waals surface area contributed by atoms with E-state index in [9.17, 15) is 0 Å². The molecule has 0 N–H and O–H groups in total. The molecule has 1 unspecified atom stereocenters. The van der Waals surface area contributed by atoms with E-state index in [1.165, 1.54) is 38.5 Å². The van der Waals surface area contributed by atoms with E-state index in [0.29, 0.717) is 5.92 Å². The molecular formula is C17H32Cl2O. The van der Waals surface area contributed by atoms with Gasteiger partial charge in [0.1, 0.15) is 4.33 Å². The summed E-state index contributed by atoms with van der Waals surface area (Å²) in [5, 5.41) is 0. The standard InChI is InChI=1S/C17H32Cl2O/c1-4-6-7-8-9-10-12-16(17(3,18)19)13-11-15-20-14-5-2/h5,14,16H,4,6-13,15H2,1-3H3. The van der Waals surface area contributed by atoms with E-state index in [0.717, 1.165) is 25.9 Å². The number of unbranched alkanes of at least 4 members (excludes halogenated alkanes) is 5. The lowest BCUT2D eigenvalue weighted by molar-refractivity contribution is 0.227. The maximum Gasteiger partial charge on any atom is 0.118 e. The Morgan fingerprint density at radius 3 is 2.20 bits per heavy atom. The van der Waals surface area contributed by atoms with E-state index in [1.807, 2.05) is 19.9 Å². The molecule has 120 valence electrons. The van der Waals surface area contributed by atoms with Crippen LogP contribution in [0.2, 0.25) is 0 Å². The first-order valence-electron chi connectivity index (χ1n) is 8.13. The van der Waals surface area contributed by atoms with Crippen molar-refractivity contribution in [3.05, 3.63) is 12.3 Å². The number of allylic oxidation sites excluding steroid dienone is 1. The van der Waals surface area contributed by atoms with Crippen molar-refractivity contribution in [2.24, 2.45) is 5.92 Å². The molecule has 0 aromatic heterocycles. The molecule has 0 spiro atoms. The highest BCUT2D eigenvalue weighted by Gasteiger charge is 2.28. The quantitative estimate of drug-likeness (QED) is 0.204. The summed E-state index contributed by atoms with van der Waals surface area (Å²) in [6.07, 6.45) is 14.7. The molecule has 0 aliphatic heterocycles. The van der Waals surface area contributed by atoms with Crippen molar-refractivity contribution in [2.75, 3.05) is 6.61 Å². The summed E-state index contributed by atoms with van der Waals surface area (Å²) in [7, 11) is 0. The van der Waals surface area contributed by atoms with Crippen LogP contribution < -0.4 is 0 Å². The lowest BCUT2D eigenvalue weighted by Crippen LogP contribution is -2.22. The molecule has 0 fully saturated rings. The van der Waals surface area contributed by atoms with Gasteiger partial charge in [0.2, 0.25) is 0 Å². The van der Waals surface area contributed by atoms with Crippen molar-refractivity contribution in [3.63, 3.8) is 0 Å². The monoisotopic (exact) mass is 322 g/mol. The molecule has 0 aromatic rings. The predicted molar refractivity (Wildman–Crippen MR) is 91.6 cm³/mol. The van der Waals surface area contributed by atoms with Crippen LogP contribution in [0.4, 0.5) is 0 Å². The molecule has 20 heavy (non-hydrogen) atoms. The van der Waals surface area contributed by atoms with Crippen molar-refractivity contribution in [3.8, 4) is 0 Å². The van der Waals surface area contributed by atoms with Crippen LogP contribution in [0.5, 0.6) is 0 Å². The van der Waals surface area contributed by atoms with Crippen LogP contribution in [0.3, 0.4) is 0 Å². The van der Waals surface area contributed by atoms with Crippen LogP contribution in [0.15, 0.2) is 12.3 Å². The highest BCUT2D eigenvalue weighted by molar-refractivity contribution is 6.48. The molecule has 0 bridgehead atoms. The Morgan fingerprint density at radius 2 is 1.60 bits per heavy atom. The van der Waals surface area contributed by atoms with E-state index >= 15 is 0 Å². The molecule has 0 aliphatic carbocycles. The minimum atomic E-state index is -0.621. The third-order valence-electron chi connectivity index (χ3n) is 3.67. The minimum absolute atomic E-state index is 0.367. The predicted octanol–water partition coefficient (Wildman–Crippen LogP) is 6.88. The second-order valence-electron chi connectivity index (χ2n) is 5.69. The fourth-order valence-corrected chi connectivity index (χ4v) is 2.84. The summed E-state index contributed by atoms with van der Waals surface area (Å²) in [5.74, 6) is 0.367. The lowest BCUT2D eigenvalue weighted by atomic mass is 9.93. The average molecular weight is 323 g/mol. The topological polar surface area (TPSA) is 9.23 Å². The molecule has 0 saturated heterocycles. The lowest BCUT2D eigenvalue weighted by Gasteiger charge is -2.26. The smallest absolute Gasteiger partial charge is 0.118 e. The fraction of sp³-hybridized carbons (Fsp3) is 0.882. The fourth-order valence-electron chi connectivity index (χ4n) is 2.40. The number of ether oxygens (including phenoxy) is 1. The van der Waals surface area contributed by atoms with E-state index in [2.05, 4.69) is 6.92 Å². The van der Waals surface area contributed by atoms with Gasteiger partial charge in [-0.3, -0.25) is 0 Å². The summed E-state index contributed by atoms with van der Waals surface area (Å²) in [6.45, 7) is 6.88. The SMILES string of the molecule is CC=COCCCC(CCCCCCCC)C(C)(Cl)Cl. The first-order chi connectivity index (χ1) is 9.52. The van der Waals surface area contributed by atoms with E-state index in [1.54, 1.807) is 6.26 Å². The number of hydrogen-bond donors (Lipinski definition) is 0. The van der Waals surface area contributed by atoms with Gasteiger partial charge in [0.15, 0.2) is 0 Å². The van der Waals surface area contributed by atoms with Gasteiger partial charge in [-0.25, -0.2) is 0 Å². The second kappa shape index (κ2) is 12.8. The van der Waals surface area contributed by atoms with Gasteiger partial charge in [-0.05, 0) is 39.0 Å². The summed E-state index contributed by atoms with van der Waals surface area (Å²) < 4.78 is 4.73. The van der Waals surface area contributed by atoms with Crippen LogP contribution in [0.25, 0.3) is 0 Å². The molecule has 0 aromatic carbocycles. The van der Waals surface area contributed by atoms with Gasteiger partial charge in [0, 0.05) is 0 Å². The van der Waals surface area contributed by atoms with Gasteiger partial charge >= 0.3 is 0 Å². The molecule has 0 aliphatic rings. The molecule has 3 heteroatoms. The Hall–Kier alpha value is 0.120. The Morgan fingerprint density at radius 1 is 1.00 bits per heavy atom. The molecular weight excluding hydrogens is 291 g/mol. The van der Waals surface area contributed by atoms with Crippen LogP contribution in [0, 0.1) is 5.92 Å². The Balaban J connectivity index is 3.80. The van der Waals surface area contributed by atoms with Crippen LogP contribution in [0.1, 0.15) is 78.6 Å². The van der Waals surface area contributed by atoms with Crippen molar-refractivity contribution in [2.45, 2.75) is 82.9 Å². The van der Waals surface area contributed by atoms with Crippen LogP contribution >= 0.6 is 23.2 Å². The maximum absolute atomic E-state index is 6.31. The highest BCUT2D eigenvalue weighted by Crippen LogP contribution is 2.36. The molecule has 1 atom stereocenters. The summed E-state index contributed by atoms with van der Waals surface area (Å²) >= 11 is 12.6. The Kier molecular flexibility index (Phi) is 12.9. The molecule has 1 nitrogen and oxygen atoms in total. The summed E-state index contributed by atoms with van der Waals surface area (Å²) in [6, 6.07) is 0. The number of hydrogen-bond acceptors (Lipinski definition) is 1. The Bertz CT molecular complexity index is 234. The zero-order valence-corrected chi connectivity index (χ0v) is 15.0. The van der Waals surface area contributed by atoms with Crippen molar-refractivity contribution in [1.29, 1.82) is 0 Å². The zero-order valence-electron chi connectivity index (χ0n) is 13.5. The van der Waals surface area contributed by atoms with Gasteiger partial charge in [-0.1, -0.05) is 51.5 Å². The summed E-state index contributed by atoms with van der Waals surface area (Å²) in [5.41, 5.74) is 0. The first-order valence-corrected chi connectivity index (χ1v) is 8.88. The van der Waals surface area contributed by atoms with Gasteiger partial charge in [-0.2, -0.15) is 0 Å². The molecule has 0 heterocycles.